The van der Waals surface area contributed by atoms with Crippen molar-refractivity contribution in [3.8, 4) is 5.75 Å². The van der Waals surface area contributed by atoms with E-state index in [2.05, 4.69) is 0 Å². The minimum atomic E-state index is -2.94. The van der Waals surface area contributed by atoms with Crippen molar-refractivity contribution in [1.82, 2.24) is 0 Å². The van der Waals surface area contributed by atoms with E-state index < -0.39 is 12.3 Å². The van der Waals surface area contributed by atoms with Gasteiger partial charge in [0.2, 0.25) is 7.37 Å². The SMILES string of the molecule is CCOP(C)(=O)c1ccc([N+](=O)[O-])c(OC)c1. The summed E-state index contributed by atoms with van der Waals surface area (Å²) >= 11 is 0. The molecule has 0 heterocycles. The smallest absolute Gasteiger partial charge is 0.310 e. The molecule has 0 fully saturated rings. The predicted octanol–water partition coefficient (Wildman–Crippen LogP) is 2.17. The van der Waals surface area contributed by atoms with Gasteiger partial charge in [-0.3, -0.25) is 14.7 Å². The van der Waals surface area contributed by atoms with Gasteiger partial charge in [0.05, 0.1) is 18.6 Å². The molecule has 1 atom stereocenters. The van der Waals surface area contributed by atoms with Gasteiger partial charge in [-0.15, -0.1) is 0 Å². The van der Waals surface area contributed by atoms with E-state index in [0.29, 0.717) is 11.9 Å². The highest BCUT2D eigenvalue weighted by Gasteiger charge is 2.23. The molecule has 0 amide bonds. The number of nitrogens with zero attached hydrogens (tertiary/aromatic N) is 1. The fourth-order valence-electron chi connectivity index (χ4n) is 1.39. The molecule has 0 saturated carbocycles. The Morgan fingerprint density at radius 2 is 2.12 bits per heavy atom. The lowest BCUT2D eigenvalue weighted by atomic mass is 10.3. The van der Waals surface area contributed by atoms with E-state index in [1.807, 2.05) is 0 Å². The Morgan fingerprint density at radius 1 is 1.47 bits per heavy atom. The molecule has 6 nitrogen and oxygen atoms in total. The van der Waals surface area contributed by atoms with E-state index in [1.54, 1.807) is 6.92 Å². The first-order chi connectivity index (χ1) is 7.92. The van der Waals surface area contributed by atoms with Crippen molar-refractivity contribution >= 4 is 18.4 Å². The maximum absolute atomic E-state index is 12.1. The molecule has 17 heavy (non-hydrogen) atoms. The number of rotatable bonds is 5. The van der Waals surface area contributed by atoms with Crippen LogP contribution in [0.2, 0.25) is 0 Å². The third-order valence-electron chi connectivity index (χ3n) is 2.20. The van der Waals surface area contributed by atoms with Crippen LogP contribution in [0.1, 0.15) is 6.92 Å². The van der Waals surface area contributed by atoms with Gasteiger partial charge in [-0.1, -0.05) is 0 Å². The lowest BCUT2D eigenvalue weighted by Gasteiger charge is -2.13. The van der Waals surface area contributed by atoms with Gasteiger partial charge >= 0.3 is 5.69 Å². The standard InChI is InChI=1S/C10H14NO5P/c1-4-16-17(3,14)8-5-6-9(11(12)13)10(7-8)15-2/h5-7H,4H2,1-3H3. The van der Waals surface area contributed by atoms with Gasteiger partial charge in [-0.05, 0) is 13.0 Å². The zero-order valence-electron chi connectivity index (χ0n) is 9.87. The Bertz CT molecular complexity index is 474. The average Bonchev–Trinajstić information content (AvgIpc) is 2.27. The molecule has 0 aliphatic rings. The maximum atomic E-state index is 12.1. The minimum Gasteiger partial charge on any atom is -0.490 e. The first-order valence-corrected chi connectivity index (χ1v) is 7.04. The second-order valence-electron chi connectivity index (χ2n) is 3.38. The van der Waals surface area contributed by atoms with E-state index in [0.717, 1.165) is 0 Å². The summed E-state index contributed by atoms with van der Waals surface area (Å²) in [6.07, 6.45) is 0. The molecule has 0 aliphatic heterocycles. The lowest BCUT2D eigenvalue weighted by Crippen LogP contribution is -2.08. The summed E-state index contributed by atoms with van der Waals surface area (Å²) in [6.45, 7) is 3.52. The van der Waals surface area contributed by atoms with Gasteiger partial charge in [0.15, 0.2) is 5.75 Å². The summed E-state index contributed by atoms with van der Waals surface area (Å²) in [4.78, 5) is 10.1. The summed E-state index contributed by atoms with van der Waals surface area (Å²) in [7, 11) is -1.61. The van der Waals surface area contributed by atoms with Gasteiger partial charge in [0.1, 0.15) is 0 Å². The fraction of sp³-hybridized carbons (Fsp3) is 0.400. The second kappa shape index (κ2) is 5.29. The number of benzene rings is 1. The first-order valence-electron chi connectivity index (χ1n) is 4.97. The summed E-state index contributed by atoms with van der Waals surface area (Å²) < 4.78 is 22.2. The van der Waals surface area contributed by atoms with Crippen molar-refractivity contribution < 1.29 is 18.7 Å². The van der Waals surface area contributed by atoms with Gasteiger partial charge in [0.25, 0.3) is 0 Å². The van der Waals surface area contributed by atoms with Crippen LogP contribution < -0.4 is 10.0 Å². The van der Waals surface area contributed by atoms with Crippen LogP contribution in [0.4, 0.5) is 5.69 Å². The number of nitro groups is 1. The van der Waals surface area contributed by atoms with Gasteiger partial charge < -0.3 is 9.26 Å². The van der Waals surface area contributed by atoms with Gasteiger partial charge in [-0.2, -0.15) is 0 Å². The Hall–Kier alpha value is -1.39. The first kappa shape index (κ1) is 13.7. The zero-order chi connectivity index (χ0) is 13.1. The summed E-state index contributed by atoms with van der Waals surface area (Å²) in [5.74, 6) is 0.0780. The van der Waals surface area contributed by atoms with Crippen LogP contribution in [0.25, 0.3) is 0 Å². The van der Waals surface area contributed by atoms with Gasteiger partial charge in [-0.25, -0.2) is 0 Å². The van der Waals surface area contributed by atoms with E-state index in [-0.39, 0.29) is 11.4 Å². The summed E-state index contributed by atoms with van der Waals surface area (Å²) in [6, 6.07) is 4.08. The summed E-state index contributed by atoms with van der Waals surface area (Å²) in [5, 5.41) is 11.1. The maximum Gasteiger partial charge on any atom is 0.310 e. The van der Waals surface area contributed by atoms with E-state index in [9.17, 15) is 14.7 Å². The Labute approximate surface area is 99.1 Å². The number of ether oxygens (including phenoxy) is 1. The van der Waals surface area contributed by atoms with Gasteiger partial charge in [0, 0.05) is 24.1 Å². The van der Waals surface area contributed by atoms with Crippen LogP contribution in [-0.4, -0.2) is 25.3 Å². The fourth-order valence-corrected chi connectivity index (χ4v) is 2.73. The minimum absolute atomic E-state index is 0.0780. The van der Waals surface area contributed by atoms with E-state index in [4.69, 9.17) is 9.26 Å². The van der Waals surface area contributed by atoms with Crippen molar-refractivity contribution in [3.05, 3.63) is 28.3 Å². The van der Waals surface area contributed by atoms with Crippen LogP contribution in [-0.2, 0) is 9.09 Å². The normalized spacial score (nSPS) is 14.1. The van der Waals surface area contributed by atoms with Crippen LogP contribution in [0.15, 0.2) is 18.2 Å². The Kier molecular flexibility index (Phi) is 4.26. The molecule has 1 aromatic rings. The monoisotopic (exact) mass is 259 g/mol. The van der Waals surface area contributed by atoms with E-state index >= 15 is 0 Å². The van der Waals surface area contributed by atoms with Crippen LogP contribution in [0, 0.1) is 10.1 Å². The van der Waals surface area contributed by atoms with Crippen molar-refractivity contribution in [2.75, 3.05) is 20.4 Å². The van der Waals surface area contributed by atoms with Crippen molar-refractivity contribution in [3.63, 3.8) is 0 Å². The molecular formula is C10H14NO5P. The van der Waals surface area contributed by atoms with Crippen LogP contribution in [0.3, 0.4) is 0 Å². The molecule has 94 valence electrons. The molecule has 1 rings (SSSR count). The Morgan fingerprint density at radius 3 is 2.59 bits per heavy atom. The second-order valence-corrected chi connectivity index (χ2v) is 5.84. The molecule has 1 aromatic carbocycles. The van der Waals surface area contributed by atoms with Crippen molar-refractivity contribution in [2.45, 2.75) is 6.92 Å². The van der Waals surface area contributed by atoms with Crippen molar-refractivity contribution in [2.24, 2.45) is 0 Å². The molecule has 0 saturated heterocycles. The topological polar surface area (TPSA) is 78.7 Å². The molecule has 1 unspecified atom stereocenters. The number of methoxy groups -OCH3 is 1. The number of hydrogen-bond acceptors (Lipinski definition) is 5. The van der Waals surface area contributed by atoms with Crippen LogP contribution in [0.5, 0.6) is 5.75 Å². The molecular weight excluding hydrogens is 245 g/mol. The molecule has 7 heteroatoms. The molecule has 0 radical (unpaired) electrons. The average molecular weight is 259 g/mol. The largest absolute Gasteiger partial charge is 0.490 e. The van der Waals surface area contributed by atoms with E-state index in [1.165, 1.54) is 32.0 Å². The highest BCUT2D eigenvalue weighted by molar-refractivity contribution is 7.66. The third-order valence-corrected chi connectivity index (χ3v) is 4.17. The Balaban J connectivity index is 3.22. The quantitative estimate of drug-likeness (QED) is 0.460. The highest BCUT2D eigenvalue weighted by Crippen LogP contribution is 2.42. The third kappa shape index (κ3) is 3.05. The highest BCUT2D eigenvalue weighted by atomic mass is 31.2. The molecule has 0 aliphatic carbocycles. The zero-order valence-corrected chi connectivity index (χ0v) is 10.8. The lowest BCUT2D eigenvalue weighted by molar-refractivity contribution is -0.385. The molecule has 0 bridgehead atoms. The number of hydrogen-bond donors (Lipinski definition) is 0. The molecule has 0 N–H and O–H groups in total. The van der Waals surface area contributed by atoms with Crippen molar-refractivity contribution in [1.29, 1.82) is 0 Å². The molecule has 0 aromatic heterocycles. The summed E-state index contributed by atoms with van der Waals surface area (Å²) in [5.41, 5.74) is -0.159. The predicted molar refractivity (Wildman–Crippen MR) is 64.4 cm³/mol. The van der Waals surface area contributed by atoms with Crippen LogP contribution >= 0.6 is 7.37 Å². The molecule has 0 spiro atoms. The number of nitro benzene ring substituents is 1.